The highest BCUT2D eigenvalue weighted by molar-refractivity contribution is 6.35. The van der Waals surface area contributed by atoms with Crippen molar-refractivity contribution in [1.29, 1.82) is 0 Å². The highest BCUT2D eigenvalue weighted by Crippen LogP contribution is 2.30. The number of nitrogens with one attached hydrogen (secondary N) is 1. The molecule has 0 spiro atoms. The molecule has 0 atom stereocenters. The minimum absolute atomic E-state index is 0.205. The fourth-order valence-corrected chi connectivity index (χ4v) is 2.86. The fourth-order valence-electron chi connectivity index (χ4n) is 2.25. The third-order valence-electron chi connectivity index (χ3n) is 3.29. The quantitative estimate of drug-likeness (QED) is 0.656. The number of hydrogen-bond acceptors (Lipinski definition) is 2. The first-order valence-corrected chi connectivity index (χ1v) is 8.16. The number of carbonyl (C=O) groups excluding carboxylic acids is 1. The van der Waals surface area contributed by atoms with Gasteiger partial charge < -0.3 is 5.32 Å². The lowest BCUT2D eigenvalue weighted by Crippen LogP contribution is -2.11. The summed E-state index contributed by atoms with van der Waals surface area (Å²) in [5.74, 6) is 0.306. The van der Waals surface area contributed by atoms with Gasteiger partial charge in [-0.3, -0.25) is 4.79 Å². The number of nitrogens with zero attached hydrogens (tertiary/aromatic N) is 2. The van der Waals surface area contributed by atoms with Crippen LogP contribution in [0.1, 0.15) is 6.92 Å². The van der Waals surface area contributed by atoms with Gasteiger partial charge in [-0.05, 0) is 30.3 Å². The van der Waals surface area contributed by atoms with E-state index in [2.05, 4.69) is 10.4 Å². The number of hydrogen-bond donors (Lipinski definition) is 1. The fraction of sp³-hybridized carbons (Fsp3) is 0.0588. The molecular weight excluding hydrogens is 369 g/mol. The third kappa shape index (κ3) is 3.56. The zero-order valence-corrected chi connectivity index (χ0v) is 14.8. The van der Waals surface area contributed by atoms with Gasteiger partial charge in [-0.1, -0.05) is 46.9 Å². The maximum atomic E-state index is 11.5. The summed E-state index contributed by atoms with van der Waals surface area (Å²) in [7, 11) is 0. The number of amides is 1. The van der Waals surface area contributed by atoms with Crippen LogP contribution >= 0.6 is 34.8 Å². The van der Waals surface area contributed by atoms with Gasteiger partial charge in [0, 0.05) is 28.6 Å². The maximum absolute atomic E-state index is 11.5. The highest BCUT2D eigenvalue weighted by Gasteiger charge is 2.14. The summed E-state index contributed by atoms with van der Waals surface area (Å²) in [6, 6.07) is 14.1. The van der Waals surface area contributed by atoms with Gasteiger partial charge in [0.2, 0.25) is 5.91 Å². The van der Waals surface area contributed by atoms with Gasteiger partial charge in [0.1, 0.15) is 5.82 Å². The van der Waals surface area contributed by atoms with E-state index >= 15 is 0 Å². The van der Waals surface area contributed by atoms with Crippen molar-refractivity contribution in [2.24, 2.45) is 0 Å². The summed E-state index contributed by atoms with van der Waals surface area (Å²) in [6.07, 6.45) is 0. The molecular formula is C17H12Cl3N3O. The van der Waals surface area contributed by atoms with Crippen LogP contribution in [0.4, 0.5) is 5.82 Å². The second kappa shape index (κ2) is 6.85. The topological polar surface area (TPSA) is 46.9 Å². The Bertz CT molecular complexity index is 904. The second-order valence-electron chi connectivity index (χ2n) is 5.11. The first kappa shape index (κ1) is 16.8. The number of benzene rings is 2. The Hall–Kier alpha value is -2.01. The Morgan fingerprint density at radius 1 is 1.00 bits per heavy atom. The van der Waals surface area contributed by atoms with E-state index in [1.54, 1.807) is 41.1 Å². The van der Waals surface area contributed by atoms with Crippen LogP contribution < -0.4 is 5.32 Å². The Balaban J connectivity index is 2.13. The van der Waals surface area contributed by atoms with Crippen molar-refractivity contribution in [3.63, 3.8) is 0 Å². The van der Waals surface area contributed by atoms with Gasteiger partial charge in [-0.2, -0.15) is 5.10 Å². The van der Waals surface area contributed by atoms with E-state index < -0.39 is 0 Å². The molecule has 0 aliphatic carbocycles. The molecule has 7 heteroatoms. The molecule has 24 heavy (non-hydrogen) atoms. The van der Waals surface area contributed by atoms with Crippen molar-refractivity contribution < 1.29 is 4.79 Å². The van der Waals surface area contributed by atoms with Gasteiger partial charge in [-0.15, -0.1) is 0 Å². The monoisotopic (exact) mass is 379 g/mol. The van der Waals surface area contributed by atoms with Crippen molar-refractivity contribution in [1.82, 2.24) is 9.78 Å². The molecule has 0 unspecified atom stereocenters. The summed E-state index contributed by atoms with van der Waals surface area (Å²) in [5.41, 5.74) is 2.17. The van der Waals surface area contributed by atoms with Gasteiger partial charge in [-0.25, -0.2) is 4.68 Å². The zero-order valence-electron chi connectivity index (χ0n) is 12.6. The predicted octanol–water partition coefficient (Wildman–Crippen LogP) is 5.46. The molecule has 0 aliphatic heterocycles. The molecule has 2 aromatic carbocycles. The first-order chi connectivity index (χ1) is 11.4. The molecule has 0 radical (unpaired) electrons. The molecule has 122 valence electrons. The van der Waals surface area contributed by atoms with Crippen LogP contribution in [0, 0.1) is 0 Å². The first-order valence-electron chi connectivity index (χ1n) is 7.03. The number of halogens is 3. The summed E-state index contributed by atoms with van der Waals surface area (Å²) < 4.78 is 1.57. The summed E-state index contributed by atoms with van der Waals surface area (Å²) in [5, 5.41) is 8.91. The number of anilines is 1. The number of rotatable bonds is 3. The molecule has 0 saturated heterocycles. The lowest BCUT2D eigenvalue weighted by molar-refractivity contribution is -0.114. The lowest BCUT2D eigenvalue weighted by atomic mass is 10.1. The normalized spacial score (nSPS) is 10.7. The molecule has 1 aromatic heterocycles. The SMILES string of the molecule is CC(=O)Nc1cc(-c2ccc(Cl)cc2)nn1-c1ccc(Cl)cc1Cl. The number of carbonyl (C=O) groups is 1. The van der Waals surface area contributed by atoms with Crippen LogP contribution in [0.3, 0.4) is 0 Å². The van der Waals surface area contributed by atoms with Crippen molar-refractivity contribution in [2.75, 3.05) is 5.32 Å². The van der Waals surface area contributed by atoms with Gasteiger partial charge in [0.05, 0.1) is 16.4 Å². The zero-order chi connectivity index (χ0) is 17.3. The molecule has 1 heterocycles. The smallest absolute Gasteiger partial charge is 0.222 e. The number of aromatic nitrogens is 2. The van der Waals surface area contributed by atoms with Crippen molar-refractivity contribution in [3.05, 3.63) is 63.6 Å². The Morgan fingerprint density at radius 3 is 2.29 bits per heavy atom. The van der Waals surface area contributed by atoms with E-state index in [0.717, 1.165) is 5.56 Å². The van der Waals surface area contributed by atoms with E-state index in [9.17, 15) is 4.79 Å². The largest absolute Gasteiger partial charge is 0.311 e. The van der Waals surface area contributed by atoms with E-state index in [0.29, 0.717) is 32.3 Å². The van der Waals surface area contributed by atoms with Gasteiger partial charge >= 0.3 is 0 Å². The summed E-state index contributed by atoms with van der Waals surface area (Å²) in [4.78, 5) is 11.5. The van der Waals surface area contributed by atoms with Crippen LogP contribution in [0.2, 0.25) is 15.1 Å². The molecule has 0 aliphatic rings. The molecule has 0 saturated carbocycles. The Kier molecular flexibility index (Phi) is 4.81. The van der Waals surface area contributed by atoms with Crippen molar-refractivity contribution in [3.8, 4) is 16.9 Å². The lowest BCUT2D eigenvalue weighted by Gasteiger charge is -2.09. The Morgan fingerprint density at radius 2 is 1.67 bits per heavy atom. The summed E-state index contributed by atoms with van der Waals surface area (Å²) in [6.45, 7) is 1.43. The summed E-state index contributed by atoms with van der Waals surface area (Å²) >= 11 is 18.1. The van der Waals surface area contributed by atoms with Gasteiger partial charge in [0.15, 0.2) is 0 Å². The van der Waals surface area contributed by atoms with E-state index in [1.165, 1.54) is 6.92 Å². The standard InChI is InChI=1S/C17H12Cl3N3O/c1-10(24)21-17-9-15(11-2-4-12(18)5-3-11)22-23(17)16-7-6-13(19)8-14(16)20/h2-9H,1H3,(H,21,24). The van der Waals surface area contributed by atoms with Crippen molar-refractivity contribution >= 4 is 46.5 Å². The highest BCUT2D eigenvalue weighted by atomic mass is 35.5. The van der Waals surface area contributed by atoms with Crippen LogP contribution in [0.5, 0.6) is 0 Å². The minimum atomic E-state index is -0.205. The molecule has 3 aromatic rings. The average molecular weight is 381 g/mol. The molecule has 0 fully saturated rings. The van der Waals surface area contributed by atoms with Gasteiger partial charge in [0.25, 0.3) is 0 Å². The third-order valence-corrected chi connectivity index (χ3v) is 4.08. The molecule has 3 rings (SSSR count). The molecule has 1 amide bonds. The van der Waals surface area contributed by atoms with Crippen LogP contribution in [-0.4, -0.2) is 15.7 Å². The minimum Gasteiger partial charge on any atom is -0.311 e. The van der Waals surface area contributed by atoms with E-state index in [-0.39, 0.29) is 5.91 Å². The average Bonchev–Trinajstić information content (AvgIpc) is 2.91. The predicted molar refractivity (Wildman–Crippen MR) is 98.3 cm³/mol. The second-order valence-corrected chi connectivity index (χ2v) is 6.39. The molecule has 0 bridgehead atoms. The maximum Gasteiger partial charge on any atom is 0.222 e. The van der Waals surface area contributed by atoms with Crippen LogP contribution in [-0.2, 0) is 4.79 Å². The van der Waals surface area contributed by atoms with Crippen molar-refractivity contribution in [2.45, 2.75) is 6.92 Å². The molecule has 4 nitrogen and oxygen atoms in total. The van der Waals surface area contributed by atoms with E-state index in [4.69, 9.17) is 34.8 Å². The molecule has 1 N–H and O–H groups in total. The van der Waals surface area contributed by atoms with E-state index in [1.807, 2.05) is 12.1 Å². The van der Waals surface area contributed by atoms with Crippen LogP contribution in [0.15, 0.2) is 48.5 Å². The Labute approximate surface area is 154 Å². The van der Waals surface area contributed by atoms with Crippen LogP contribution in [0.25, 0.3) is 16.9 Å².